The summed E-state index contributed by atoms with van der Waals surface area (Å²) in [4.78, 5) is 64.8. The summed E-state index contributed by atoms with van der Waals surface area (Å²) < 4.78 is 15.0. The Morgan fingerprint density at radius 3 is 1.97 bits per heavy atom. The number of hydrogen-bond acceptors (Lipinski definition) is 8. The van der Waals surface area contributed by atoms with Crippen LogP contribution < -0.4 is 0 Å². The molecule has 0 N–H and O–H groups in total. The second-order valence-corrected chi connectivity index (χ2v) is 8.24. The minimum Gasteiger partial charge on any atom is -0.467 e. The Morgan fingerprint density at radius 2 is 1.55 bits per heavy atom. The number of carbonyl (C=O) groups is 5. The van der Waals surface area contributed by atoms with Crippen molar-refractivity contribution in [1.29, 1.82) is 0 Å². The van der Waals surface area contributed by atoms with Gasteiger partial charge in [0.2, 0.25) is 5.91 Å². The molecule has 0 saturated carbocycles. The molecule has 1 fully saturated rings. The van der Waals surface area contributed by atoms with E-state index in [-0.39, 0.29) is 6.42 Å². The number of methoxy groups -OCH3 is 2. The van der Waals surface area contributed by atoms with Gasteiger partial charge in [0, 0.05) is 6.42 Å². The van der Waals surface area contributed by atoms with Crippen LogP contribution in [-0.2, 0) is 44.6 Å². The van der Waals surface area contributed by atoms with Gasteiger partial charge in [-0.05, 0) is 33.3 Å². The maximum absolute atomic E-state index is 13.1. The smallest absolute Gasteiger partial charge is 0.345 e. The maximum atomic E-state index is 13.1. The zero-order valence-electron chi connectivity index (χ0n) is 18.5. The van der Waals surface area contributed by atoms with Gasteiger partial charge in [-0.1, -0.05) is 30.3 Å². The molecule has 1 aromatic carbocycles. The predicted molar refractivity (Wildman–Crippen MR) is 108 cm³/mol. The fraction of sp³-hybridized carbons (Fsp3) is 0.500. The van der Waals surface area contributed by atoms with Crippen LogP contribution in [0.1, 0.15) is 33.3 Å². The van der Waals surface area contributed by atoms with Crippen LogP contribution in [0, 0.1) is 5.92 Å². The number of ether oxygens (including phenoxy) is 3. The number of carbonyl (C=O) groups excluding carboxylic acids is 5. The third-order valence-electron chi connectivity index (χ3n) is 4.94. The van der Waals surface area contributed by atoms with E-state index in [1.165, 1.54) is 0 Å². The van der Waals surface area contributed by atoms with Gasteiger partial charge in [-0.3, -0.25) is 9.59 Å². The van der Waals surface area contributed by atoms with E-state index in [0.717, 1.165) is 26.0 Å². The molecule has 1 saturated heterocycles. The summed E-state index contributed by atoms with van der Waals surface area (Å²) in [5.74, 6) is -6.40. The van der Waals surface area contributed by atoms with Crippen LogP contribution in [0.5, 0.6) is 0 Å². The first kappa shape index (κ1) is 24.0. The predicted octanol–water partition coefficient (Wildman–Crippen LogP) is 1.07. The van der Waals surface area contributed by atoms with Crippen molar-refractivity contribution < 1.29 is 38.2 Å². The van der Waals surface area contributed by atoms with E-state index in [1.807, 2.05) is 0 Å². The van der Waals surface area contributed by atoms with Gasteiger partial charge in [-0.25, -0.2) is 14.4 Å². The van der Waals surface area contributed by atoms with Gasteiger partial charge in [0.25, 0.3) is 5.54 Å². The number of hydrogen-bond donors (Lipinski definition) is 0. The molecule has 0 aromatic heterocycles. The number of benzene rings is 1. The van der Waals surface area contributed by atoms with Crippen LogP contribution in [0.15, 0.2) is 30.3 Å². The number of nitrogens with zero attached hydrogens (tertiary/aromatic N) is 1. The summed E-state index contributed by atoms with van der Waals surface area (Å²) in [7, 11) is 2.04. The molecule has 0 spiro atoms. The number of amides is 1. The van der Waals surface area contributed by atoms with Gasteiger partial charge in [0.15, 0.2) is 0 Å². The molecule has 1 heterocycles. The van der Waals surface area contributed by atoms with Gasteiger partial charge >= 0.3 is 17.9 Å². The summed E-state index contributed by atoms with van der Waals surface area (Å²) in [6.45, 7) is 6.03. The van der Waals surface area contributed by atoms with Crippen molar-refractivity contribution in [2.45, 2.75) is 51.3 Å². The minimum absolute atomic E-state index is 0.0537. The number of esters is 3. The van der Waals surface area contributed by atoms with E-state index in [4.69, 9.17) is 14.2 Å². The lowest BCUT2D eigenvalue weighted by atomic mass is 9.69. The molecule has 1 aliphatic rings. The summed E-state index contributed by atoms with van der Waals surface area (Å²) in [5, 5.41) is 0. The van der Waals surface area contributed by atoms with Gasteiger partial charge in [0.1, 0.15) is 23.3 Å². The second kappa shape index (κ2) is 8.87. The summed E-state index contributed by atoms with van der Waals surface area (Å²) in [6, 6.07) is 7.34. The third-order valence-corrected chi connectivity index (χ3v) is 4.94. The monoisotopic (exact) mass is 433 g/mol. The lowest BCUT2D eigenvalue weighted by Crippen LogP contribution is -2.83. The van der Waals surface area contributed by atoms with Crippen molar-refractivity contribution >= 4 is 29.6 Å². The van der Waals surface area contributed by atoms with Crippen molar-refractivity contribution in [2.75, 3.05) is 14.2 Å². The van der Waals surface area contributed by atoms with Crippen LogP contribution in [0.2, 0.25) is 0 Å². The Kier molecular flexibility index (Phi) is 6.88. The number of rotatable bonds is 7. The molecule has 0 aliphatic carbocycles. The molecule has 168 valence electrons. The Bertz CT molecular complexity index is 871. The lowest BCUT2D eigenvalue weighted by Gasteiger charge is -2.54. The molecule has 9 nitrogen and oxygen atoms in total. The summed E-state index contributed by atoms with van der Waals surface area (Å²) >= 11 is 0. The van der Waals surface area contributed by atoms with Gasteiger partial charge < -0.3 is 19.1 Å². The van der Waals surface area contributed by atoms with Gasteiger partial charge in [0.05, 0.1) is 14.2 Å². The van der Waals surface area contributed by atoms with Crippen LogP contribution in [0.4, 0.5) is 0 Å². The molecule has 2 atom stereocenters. The largest absolute Gasteiger partial charge is 0.467 e. The average molecular weight is 433 g/mol. The van der Waals surface area contributed by atoms with E-state index in [0.29, 0.717) is 5.56 Å². The van der Waals surface area contributed by atoms with Crippen molar-refractivity contribution in [1.82, 2.24) is 4.90 Å². The first-order valence-electron chi connectivity index (χ1n) is 9.69. The number of Topliss-reactive ketones (excluding diaryl/α,β-unsaturated/α-hetero) is 1. The molecular formula is C22H27NO8. The third kappa shape index (κ3) is 4.30. The Balaban J connectivity index is 2.66. The highest BCUT2D eigenvalue weighted by atomic mass is 16.6. The van der Waals surface area contributed by atoms with E-state index in [1.54, 1.807) is 51.1 Å². The quantitative estimate of drug-likeness (QED) is 0.271. The minimum atomic E-state index is -2.41. The zero-order chi connectivity index (χ0) is 23.6. The Hall–Kier alpha value is -3.23. The average Bonchev–Trinajstić information content (AvgIpc) is 2.69. The lowest BCUT2D eigenvalue weighted by molar-refractivity contribution is -0.209. The fourth-order valence-corrected chi connectivity index (χ4v) is 3.75. The maximum Gasteiger partial charge on any atom is 0.345 e. The topological polar surface area (TPSA) is 116 Å². The molecule has 31 heavy (non-hydrogen) atoms. The fourth-order valence-electron chi connectivity index (χ4n) is 3.75. The molecule has 9 heteroatoms. The van der Waals surface area contributed by atoms with E-state index in [2.05, 4.69) is 0 Å². The highest BCUT2D eigenvalue weighted by molar-refractivity contribution is 6.25. The SMILES string of the molecule is COC(=O)C1(C(=O)OC)[C@H](C(C)=O)C(=O)N1[C@H](Cc1ccccc1)C(=O)OC(C)(C)C. The van der Waals surface area contributed by atoms with Crippen molar-refractivity contribution in [3.63, 3.8) is 0 Å². The second-order valence-electron chi connectivity index (χ2n) is 8.24. The number of likely N-dealkylation sites (tertiary alicyclic amines) is 1. The Labute approximate surface area is 180 Å². The molecule has 1 aromatic rings. The van der Waals surface area contributed by atoms with Crippen LogP contribution >= 0.6 is 0 Å². The molecule has 0 radical (unpaired) electrons. The van der Waals surface area contributed by atoms with Crippen molar-refractivity contribution in [2.24, 2.45) is 5.92 Å². The summed E-state index contributed by atoms with van der Waals surface area (Å²) in [6.07, 6.45) is -0.0537. The molecule has 2 rings (SSSR count). The molecule has 0 bridgehead atoms. The normalized spacial score (nSPS) is 18.5. The van der Waals surface area contributed by atoms with Crippen molar-refractivity contribution in [3.8, 4) is 0 Å². The number of β-lactam (4-membered cyclic amide) rings is 1. The van der Waals surface area contributed by atoms with Crippen LogP contribution in [-0.4, -0.2) is 65.9 Å². The van der Waals surface area contributed by atoms with Crippen LogP contribution in [0.3, 0.4) is 0 Å². The van der Waals surface area contributed by atoms with Gasteiger partial charge in [-0.2, -0.15) is 0 Å². The van der Waals surface area contributed by atoms with Crippen LogP contribution in [0.25, 0.3) is 0 Å². The molecule has 1 aliphatic heterocycles. The number of ketones is 1. The first-order chi connectivity index (χ1) is 14.4. The highest BCUT2D eigenvalue weighted by Crippen LogP contribution is 2.43. The first-order valence-corrected chi connectivity index (χ1v) is 9.69. The standard InChI is InChI=1S/C22H27NO8/c1-13(24)16-17(25)23(22(16,19(27)29-5)20(28)30-6)15(18(26)31-21(2,3)4)12-14-10-8-7-9-11-14/h7-11,15-16H,12H2,1-6H3/t15-,16-/m1/s1. The van der Waals surface area contributed by atoms with E-state index >= 15 is 0 Å². The molecule has 1 amide bonds. The zero-order valence-corrected chi connectivity index (χ0v) is 18.5. The van der Waals surface area contributed by atoms with Crippen molar-refractivity contribution in [3.05, 3.63) is 35.9 Å². The van der Waals surface area contributed by atoms with E-state index in [9.17, 15) is 24.0 Å². The summed E-state index contributed by atoms with van der Waals surface area (Å²) in [5.41, 5.74) is -2.66. The highest BCUT2D eigenvalue weighted by Gasteiger charge is 2.75. The molecule has 0 unspecified atom stereocenters. The van der Waals surface area contributed by atoms with Gasteiger partial charge in [-0.15, -0.1) is 0 Å². The van der Waals surface area contributed by atoms with E-state index < -0.39 is 52.7 Å². The molecular weight excluding hydrogens is 406 g/mol. The Morgan fingerprint density at radius 1 is 1.03 bits per heavy atom.